The van der Waals surface area contributed by atoms with Crippen molar-refractivity contribution in [2.75, 3.05) is 5.32 Å². The van der Waals surface area contributed by atoms with E-state index in [1.165, 1.54) is 11.8 Å². The lowest BCUT2D eigenvalue weighted by Gasteiger charge is -2.27. The highest BCUT2D eigenvalue weighted by Gasteiger charge is 2.36. The van der Waals surface area contributed by atoms with Crippen molar-refractivity contribution in [1.29, 1.82) is 0 Å². The van der Waals surface area contributed by atoms with E-state index >= 15 is 0 Å². The number of thiophene rings is 1. The maximum Gasteiger partial charge on any atom is 0.338 e. The van der Waals surface area contributed by atoms with Crippen LogP contribution in [-0.4, -0.2) is 20.7 Å². The van der Waals surface area contributed by atoms with Crippen LogP contribution in [-0.2, 0) is 21.9 Å². The number of carbonyl (C=O) groups is 1. The van der Waals surface area contributed by atoms with Crippen molar-refractivity contribution < 1.29 is 9.53 Å². The van der Waals surface area contributed by atoms with Crippen molar-refractivity contribution in [2.24, 2.45) is 0 Å². The summed E-state index contributed by atoms with van der Waals surface area (Å²) in [6, 6.07) is 19.0. The van der Waals surface area contributed by atoms with Gasteiger partial charge >= 0.3 is 5.97 Å². The Kier molecular flexibility index (Phi) is 6.95. The zero-order valence-corrected chi connectivity index (χ0v) is 21.6. The Bertz CT molecular complexity index is 1400. The number of esters is 1. The maximum atomic E-state index is 13.4. The van der Waals surface area contributed by atoms with Crippen LogP contribution in [0.5, 0.6) is 0 Å². The van der Waals surface area contributed by atoms with Crippen LogP contribution in [0.4, 0.5) is 5.95 Å². The SMILES string of the molecule is CC1=C(C(=O)OCc2ccccc2)C(c2sccc2C)n2nc(SCc3ccccc3Cl)nc2N1. The zero-order valence-electron chi connectivity index (χ0n) is 19.2. The number of thioether (sulfide) groups is 1. The van der Waals surface area contributed by atoms with E-state index in [1.807, 2.05) is 79.9 Å². The lowest BCUT2D eigenvalue weighted by molar-refractivity contribution is -0.140. The predicted octanol–water partition coefficient (Wildman–Crippen LogP) is 6.63. The number of rotatable bonds is 7. The molecule has 0 spiro atoms. The molecular formula is C26H23ClN4O2S2. The molecule has 1 N–H and O–H groups in total. The summed E-state index contributed by atoms with van der Waals surface area (Å²) in [6.45, 7) is 4.12. The Hall–Kier alpha value is -3.07. The van der Waals surface area contributed by atoms with Crippen LogP contribution in [0.25, 0.3) is 0 Å². The number of halogens is 1. The minimum Gasteiger partial charge on any atom is -0.457 e. The number of ether oxygens (including phenoxy) is 1. The summed E-state index contributed by atoms with van der Waals surface area (Å²) in [5.74, 6) is 0.870. The van der Waals surface area contributed by atoms with Crippen molar-refractivity contribution in [3.63, 3.8) is 0 Å². The van der Waals surface area contributed by atoms with E-state index in [9.17, 15) is 4.79 Å². The zero-order chi connectivity index (χ0) is 24.4. The van der Waals surface area contributed by atoms with Gasteiger partial charge in [0.15, 0.2) is 0 Å². The number of anilines is 1. The molecular weight excluding hydrogens is 500 g/mol. The van der Waals surface area contributed by atoms with E-state index in [0.717, 1.165) is 26.6 Å². The van der Waals surface area contributed by atoms with Crippen molar-refractivity contribution in [1.82, 2.24) is 14.8 Å². The average molecular weight is 523 g/mol. The number of nitrogens with zero attached hydrogens (tertiary/aromatic N) is 3. The molecule has 3 heterocycles. The van der Waals surface area contributed by atoms with Gasteiger partial charge in [-0.05, 0) is 48.1 Å². The Balaban J connectivity index is 1.44. The van der Waals surface area contributed by atoms with Gasteiger partial charge in [-0.25, -0.2) is 9.48 Å². The van der Waals surface area contributed by atoms with E-state index in [2.05, 4.69) is 5.32 Å². The molecule has 0 saturated heterocycles. The van der Waals surface area contributed by atoms with Crippen molar-refractivity contribution in [2.45, 2.75) is 37.4 Å². The fourth-order valence-electron chi connectivity index (χ4n) is 3.92. The monoisotopic (exact) mass is 522 g/mol. The summed E-state index contributed by atoms with van der Waals surface area (Å²) in [4.78, 5) is 19.1. The van der Waals surface area contributed by atoms with Gasteiger partial charge in [-0.3, -0.25) is 0 Å². The number of allylic oxidation sites excluding steroid dienone is 1. The van der Waals surface area contributed by atoms with Crippen LogP contribution in [0.1, 0.15) is 34.5 Å². The van der Waals surface area contributed by atoms with Gasteiger partial charge < -0.3 is 10.1 Å². The number of fused-ring (bicyclic) bond motifs is 1. The molecule has 1 atom stereocenters. The topological polar surface area (TPSA) is 69.0 Å². The molecule has 0 saturated carbocycles. The summed E-state index contributed by atoms with van der Waals surface area (Å²) < 4.78 is 7.52. The van der Waals surface area contributed by atoms with Crippen LogP contribution < -0.4 is 5.32 Å². The van der Waals surface area contributed by atoms with Gasteiger partial charge in [-0.1, -0.05) is 71.9 Å². The molecule has 2 aromatic carbocycles. The molecule has 1 unspecified atom stereocenters. The Labute approximate surface area is 217 Å². The first-order chi connectivity index (χ1) is 17.0. The van der Waals surface area contributed by atoms with Gasteiger partial charge in [0.2, 0.25) is 11.1 Å². The van der Waals surface area contributed by atoms with Crippen LogP contribution in [0.15, 0.2) is 82.5 Å². The van der Waals surface area contributed by atoms with Gasteiger partial charge in [0.05, 0.1) is 5.57 Å². The van der Waals surface area contributed by atoms with E-state index in [1.54, 1.807) is 16.0 Å². The standard InChI is InChI=1S/C26H23ClN4O2S2/c1-16-12-13-34-23(16)22-21(24(32)33-14-18-8-4-3-5-9-18)17(2)28-25-29-26(30-31(22)25)35-15-19-10-6-7-11-20(19)27/h3-13,22H,14-15H2,1-2H3,(H,28,29,30). The second-order valence-corrected chi connectivity index (χ2v) is 10.4. The highest BCUT2D eigenvalue weighted by molar-refractivity contribution is 7.98. The molecule has 0 aliphatic carbocycles. The highest BCUT2D eigenvalue weighted by Crippen LogP contribution is 2.40. The summed E-state index contributed by atoms with van der Waals surface area (Å²) in [7, 11) is 0. The number of benzene rings is 2. The van der Waals surface area contributed by atoms with Gasteiger partial charge in [0.1, 0.15) is 12.6 Å². The van der Waals surface area contributed by atoms with Crippen LogP contribution in [0.3, 0.4) is 0 Å². The Morgan fingerprint density at radius 2 is 1.91 bits per heavy atom. The molecule has 2 aromatic heterocycles. The predicted molar refractivity (Wildman–Crippen MR) is 141 cm³/mol. The van der Waals surface area contributed by atoms with Gasteiger partial charge in [0.25, 0.3) is 0 Å². The van der Waals surface area contributed by atoms with E-state index in [0.29, 0.717) is 28.1 Å². The van der Waals surface area contributed by atoms with Crippen LogP contribution >= 0.6 is 34.7 Å². The van der Waals surface area contributed by atoms with E-state index in [4.69, 9.17) is 26.4 Å². The highest BCUT2D eigenvalue weighted by atomic mass is 35.5. The molecule has 178 valence electrons. The molecule has 35 heavy (non-hydrogen) atoms. The number of hydrogen-bond acceptors (Lipinski definition) is 7. The van der Waals surface area contributed by atoms with Crippen LogP contribution in [0, 0.1) is 6.92 Å². The molecule has 0 fully saturated rings. The first-order valence-electron chi connectivity index (χ1n) is 11.1. The van der Waals surface area contributed by atoms with Gasteiger partial charge in [-0.2, -0.15) is 4.98 Å². The van der Waals surface area contributed by atoms with E-state index in [-0.39, 0.29) is 12.6 Å². The minimum atomic E-state index is -0.420. The Morgan fingerprint density at radius 1 is 1.14 bits per heavy atom. The number of hydrogen-bond donors (Lipinski definition) is 1. The smallest absolute Gasteiger partial charge is 0.338 e. The number of aromatic nitrogens is 3. The third kappa shape index (κ3) is 5.00. The molecule has 4 aromatic rings. The summed E-state index contributed by atoms with van der Waals surface area (Å²) in [6.07, 6.45) is 0. The fourth-order valence-corrected chi connectivity index (χ4v) is 6.06. The average Bonchev–Trinajstić information content (AvgIpc) is 3.47. The van der Waals surface area contributed by atoms with Crippen LogP contribution in [0.2, 0.25) is 5.02 Å². The quantitative estimate of drug-likeness (QED) is 0.217. The molecule has 6 nitrogen and oxygen atoms in total. The lowest BCUT2D eigenvalue weighted by atomic mass is 10.00. The van der Waals surface area contributed by atoms with Crippen molar-refractivity contribution >= 4 is 46.6 Å². The van der Waals surface area contributed by atoms with Gasteiger partial charge in [0, 0.05) is 21.3 Å². The fraction of sp³-hybridized carbons (Fsp3) is 0.192. The molecule has 0 amide bonds. The number of nitrogens with one attached hydrogen (secondary N) is 1. The third-order valence-corrected chi connectivity index (χ3v) is 8.06. The first kappa shape index (κ1) is 23.7. The molecule has 9 heteroatoms. The summed E-state index contributed by atoms with van der Waals surface area (Å²) >= 11 is 9.42. The lowest BCUT2D eigenvalue weighted by Crippen LogP contribution is -2.29. The molecule has 5 rings (SSSR count). The van der Waals surface area contributed by atoms with Crippen molar-refractivity contribution in [3.8, 4) is 0 Å². The van der Waals surface area contributed by atoms with Crippen molar-refractivity contribution in [3.05, 3.63) is 104 Å². The normalized spacial score (nSPS) is 15.0. The van der Waals surface area contributed by atoms with E-state index < -0.39 is 6.04 Å². The first-order valence-corrected chi connectivity index (χ1v) is 13.3. The molecule has 1 aliphatic heterocycles. The summed E-state index contributed by atoms with van der Waals surface area (Å²) in [5.41, 5.74) is 4.29. The molecule has 0 radical (unpaired) electrons. The summed E-state index contributed by atoms with van der Waals surface area (Å²) in [5, 5.41) is 11.4. The number of carbonyl (C=O) groups excluding carboxylic acids is 1. The largest absolute Gasteiger partial charge is 0.457 e. The molecule has 1 aliphatic rings. The van der Waals surface area contributed by atoms with Gasteiger partial charge in [-0.15, -0.1) is 16.4 Å². The maximum absolute atomic E-state index is 13.4. The second kappa shape index (κ2) is 10.3. The number of aryl methyl sites for hydroxylation is 1. The second-order valence-electron chi connectivity index (χ2n) is 8.14. The minimum absolute atomic E-state index is 0.204. The Morgan fingerprint density at radius 3 is 2.66 bits per heavy atom. The molecule has 0 bridgehead atoms. The third-order valence-electron chi connectivity index (χ3n) is 5.73.